The molecule has 1 saturated carbocycles. The quantitative estimate of drug-likeness (QED) is 0.172. The van der Waals surface area contributed by atoms with Crippen LogP contribution in [0.1, 0.15) is 48.8 Å². The molecule has 0 bridgehead atoms. The number of rotatable bonds is 6. The Balaban J connectivity index is 1.01. The molecule has 3 nitrogen and oxygen atoms in total. The summed E-state index contributed by atoms with van der Waals surface area (Å²) in [6, 6.07) is 64.8. The molecule has 266 valence electrons. The first-order valence-electron chi connectivity index (χ1n) is 19.7. The van der Waals surface area contributed by atoms with Crippen molar-refractivity contribution in [3.05, 3.63) is 193 Å². The maximum absolute atomic E-state index is 9.77. The molecule has 8 aromatic rings. The average Bonchev–Trinajstić information content (AvgIpc) is 3.54. The van der Waals surface area contributed by atoms with Crippen LogP contribution >= 0.6 is 0 Å². The number of nitriles is 1. The fourth-order valence-electron chi connectivity index (χ4n) is 9.10. The second-order valence-electron chi connectivity index (χ2n) is 15.2. The summed E-state index contributed by atoms with van der Waals surface area (Å²) in [6.45, 7) is 0. The van der Waals surface area contributed by atoms with Crippen molar-refractivity contribution in [2.75, 3.05) is 0 Å². The van der Waals surface area contributed by atoms with Gasteiger partial charge in [0.15, 0.2) is 5.82 Å². The number of fused-ring (bicyclic) bond motifs is 5. The van der Waals surface area contributed by atoms with Crippen molar-refractivity contribution in [1.29, 1.82) is 5.26 Å². The van der Waals surface area contributed by atoms with Gasteiger partial charge in [-0.1, -0.05) is 159 Å². The lowest BCUT2D eigenvalue weighted by atomic mass is 9.67. The highest BCUT2D eigenvalue weighted by Gasteiger charge is 2.44. The number of hydrogen-bond donors (Lipinski definition) is 0. The molecule has 56 heavy (non-hydrogen) atoms. The van der Waals surface area contributed by atoms with E-state index in [1.165, 1.54) is 63.8 Å². The predicted octanol–water partition coefficient (Wildman–Crippen LogP) is 13.6. The fraction of sp³-hybridized carbons (Fsp3) is 0.113. The summed E-state index contributed by atoms with van der Waals surface area (Å²) in [4.78, 5) is 10.2. The van der Waals surface area contributed by atoms with Gasteiger partial charge in [-0.05, 0) is 105 Å². The van der Waals surface area contributed by atoms with E-state index >= 15 is 0 Å². The van der Waals surface area contributed by atoms with Gasteiger partial charge in [0.25, 0.3) is 0 Å². The minimum Gasteiger partial charge on any atom is -0.228 e. The van der Waals surface area contributed by atoms with Crippen LogP contribution in [-0.4, -0.2) is 9.97 Å². The lowest BCUT2D eigenvalue weighted by Crippen LogP contribution is -2.28. The second-order valence-corrected chi connectivity index (χ2v) is 15.2. The van der Waals surface area contributed by atoms with E-state index in [0.29, 0.717) is 5.82 Å². The molecule has 0 amide bonds. The molecule has 7 aromatic carbocycles. The molecule has 1 spiro atoms. The van der Waals surface area contributed by atoms with Gasteiger partial charge >= 0.3 is 0 Å². The zero-order chi connectivity index (χ0) is 37.5. The highest BCUT2D eigenvalue weighted by Crippen LogP contribution is 2.56. The van der Waals surface area contributed by atoms with E-state index in [1.54, 1.807) is 0 Å². The first-order valence-corrected chi connectivity index (χ1v) is 19.7. The van der Waals surface area contributed by atoms with Crippen LogP contribution < -0.4 is 0 Å². The zero-order valence-corrected chi connectivity index (χ0v) is 31.1. The fourth-order valence-corrected chi connectivity index (χ4v) is 9.10. The van der Waals surface area contributed by atoms with Gasteiger partial charge in [0.1, 0.15) is 0 Å². The van der Waals surface area contributed by atoms with Crippen molar-refractivity contribution in [3.8, 4) is 84.5 Å². The number of benzene rings is 7. The van der Waals surface area contributed by atoms with E-state index in [-0.39, 0.29) is 5.41 Å². The van der Waals surface area contributed by atoms with Gasteiger partial charge in [-0.25, -0.2) is 9.97 Å². The Bertz CT molecular complexity index is 2770. The Morgan fingerprint density at radius 2 is 0.875 bits per heavy atom. The zero-order valence-electron chi connectivity index (χ0n) is 31.1. The Morgan fingerprint density at radius 1 is 0.393 bits per heavy atom. The third kappa shape index (κ3) is 6.01. The lowest BCUT2D eigenvalue weighted by molar-refractivity contribution is 0.353. The summed E-state index contributed by atoms with van der Waals surface area (Å²) >= 11 is 0. The molecule has 0 aliphatic heterocycles. The summed E-state index contributed by atoms with van der Waals surface area (Å²) in [7, 11) is 0. The van der Waals surface area contributed by atoms with Crippen molar-refractivity contribution in [1.82, 2.24) is 9.97 Å². The summed E-state index contributed by atoms with van der Waals surface area (Å²) in [5.74, 6) is 0.705. The molecule has 0 radical (unpaired) electrons. The molecule has 1 heterocycles. The summed E-state index contributed by atoms with van der Waals surface area (Å²) < 4.78 is 0. The molecule has 1 fully saturated rings. The van der Waals surface area contributed by atoms with Crippen LogP contribution in [0.2, 0.25) is 0 Å². The van der Waals surface area contributed by atoms with E-state index in [4.69, 9.17) is 9.97 Å². The first kappa shape index (κ1) is 33.7. The van der Waals surface area contributed by atoms with Crippen LogP contribution in [0.15, 0.2) is 176 Å². The smallest absolute Gasteiger partial charge is 0.160 e. The van der Waals surface area contributed by atoms with Crippen molar-refractivity contribution < 1.29 is 0 Å². The summed E-state index contributed by atoms with van der Waals surface area (Å²) in [5, 5.41) is 9.77. The van der Waals surface area contributed by atoms with Gasteiger partial charge in [0.05, 0.1) is 23.0 Å². The highest BCUT2D eigenvalue weighted by atomic mass is 14.9. The Morgan fingerprint density at radius 3 is 1.54 bits per heavy atom. The lowest BCUT2D eigenvalue weighted by Gasteiger charge is -2.36. The molecule has 3 heteroatoms. The van der Waals surface area contributed by atoms with E-state index < -0.39 is 0 Å². The molecule has 1 aromatic heterocycles. The largest absolute Gasteiger partial charge is 0.228 e. The maximum atomic E-state index is 9.77. The van der Waals surface area contributed by atoms with Crippen LogP contribution in [0.25, 0.3) is 78.4 Å². The predicted molar refractivity (Wildman–Crippen MR) is 229 cm³/mol. The van der Waals surface area contributed by atoms with Crippen LogP contribution in [0.3, 0.4) is 0 Å². The summed E-state index contributed by atoms with van der Waals surface area (Å²) in [6.07, 6.45) is 5.97. The third-order valence-corrected chi connectivity index (χ3v) is 11.9. The average molecular weight is 718 g/mol. The van der Waals surface area contributed by atoms with E-state index in [0.717, 1.165) is 57.6 Å². The molecule has 0 atom stereocenters. The van der Waals surface area contributed by atoms with Gasteiger partial charge in [-0.3, -0.25) is 0 Å². The Kier molecular flexibility index (Phi) is 8.46. The number of aromatic nitrogens is 2. The van der Waals surface area contributed by atoms with Gasteiger partial charge < -0.3 is 0 Å². The Labute approximate surface area is 328 Å². The third-order valence-electron chi connectivity index (χ3n) is 11.9. The molecule has 10 rings (SSSR count). The van der Waals surface area contributed by atoms with E-state index in [9.17, 15) is 5.26 Å². The minimum atomic E-state index is -0.0172. The molecule has 2 aliphatic rings. The first-order chi connectivity index (χ1) is 27.6. The van der Waals surface area contributed by atoms with Gasteiger partial charge in [-0.15, -0.1) is 0 Å². The van der Waals surface area contributed by atoms with Crippen molar-refractivity contribution in [3.63, 3.8) is 0 Å². The van der Waals surface area contributed by atoms with Crippen LogP contribution in [0.4, 0.5) is 0 Å². The maximum Gasteiger partial charge on any atom is 0.160 e. The Hall–Kier alpha value is -6.89. The SMILES string of the molecule is N#Cc1ccc2c(c1)C1(CCCCC1)c1cc(-c3cccc(-c4cccc(-c5cc(-c6ccc(-c7ccccc7)cc6)nc(-c6ccccc6)n5)c4)c3)ccc1-2. The van der Waals surface area contributed by atoms with Crippen molar-refractivity contribution in [2.45, 2.75) is 37.5 Å². The topological polar surface area (TPSA) is 49.6 Å². The molecular formula is C53H39N3. The number of hydrogen-bond acceptors (Lipinski definition) is 3. The summed E-state index contributed by atoms with van der Waals surface area (Å²) in [5.41, 5.74) is 18.1. The van der Waals surface area contributed by atoms with E-state index in [1.807, 2.05) is 30.3 Å². The van der Waals surface area contributed by atoms with Gasteiger partial charge in [0.2, 0.25) is 0 Å². The normalized spacial score (nSPS) is 13.8. The van der Waals surface area contributed by atoms with Gasteiger partial charge in [0, 0.05) is 22.1 Å². The molecule has 2 aliphatic carbocycles. The van der Waals surface area contributed by atoms with Crippen molar-refractivity contribution >= 4 is 0 Å². The molecule has 0 unspecified atom stereocenters. The van der Waals surface area contributed by atoms with Crippen LogP contribution in [0, 0.1) is 11.3 Å². The van der Waals surface area contributed by atoms with Crippen LogP contribution in [-0.2, 0) is 5.41 Å². The standard InChI is InChI=1S/C53H39N3/c54-35-36-20-26-46-47-27-25-44(33-49(47)53(48(46)30-36)28-8-3-9-29-53)42-17-10-16-41(31-42)43-18-11-19-45(32-43)51-34-50(55-52(56-51)40-14-6-2-7-15-40)39-23-21-38(22-24-39)37-12-4-1-5-13-37/h1-2,4-7,10-27,30-34H,3,8-9,28-29H2. The minimum absolute atomic E-state index is 0.0172. The second kappa shape index (κ2) is 14.1. The van der Waals surface area contributed by atoms with Gasteiger partial charge in [-0.2, -0.15) is 5.26 Å². The monoisotopic (exact) mass is 717 g/mol. The number of nitrogens with zero attached hydrogens (tertiary/aromatic N) is 3. The van der Waals surface area contributed by atoms with Crippen LogP contribution in [0.5, 0.6) is 0 Å². The van der Waals surface area contributed by atoms with E-state index in [2.05, 4.69) is 152 Å². The van der Waals surface area contributed by atoms with Crippen molar-refractivity contribution in [2.24, 2.45) is 0 Å². The molecular weight excluding hydrogens is 679 g/mol. The molecule has 0 N–H and O–H groups in total. The molecule has 0 saturated heterocycles. The highest BCUT2D eigenvalue weighted by molar-refractivity contribution is 5.86.